The predicted molar refractivity (Wildman–Crippen MR) is 179 cm³/mol. The van der Waals surface area contributed by atoms with Crippen LogP contribution in [0.15, 0.2) is 55.1 Å². The lowest BCUT2D eigenvalue weighted by atomic mass is 9.82. The minimum atomic E-state index is -3.50. The number of aliphatic hydroxyl groups excluding tert-OH is 1. The Morgan fingerprint density at radius 2 is 1.87 bits per heavy atom. The molecule has 4 heterocycles. The Labute approximate surface area is 272 Å². The van der Waals surface area contributed by atoms with Crippen molar-refractivity contribution < 1.29 is 28.3 Å². The normalized spacial score (nSPS) is 28.2. The summed E-state index contributed by atoms with van der Waals surface area (Å²) in [4.78, 5) is 46.9. The van der Waals surface area contributed by atoms with Gasteiger partial charge in [0.1, 0.15) is 0 Å². The lowest BCUT2D eigenvalue weighted by molar-refractivity contribution is -0.150. The lowest BCUT2D eigenvalue weighted by Gasteiger charge is -2.37. The molecule has 8 nitrogen and oxygen atoms in total. The third-order valence-electron chi connectivity index (χ3n) is 10.7. The number of fused-ring (bicyclic) bond motifs is 3. The summed E-state index contributed by atoms with van der Waals surface area (Å²) >= 11 is 0. The van der Waals surface area contributed by atoms with Crippen molar-refractivity contribution in [1.29, 1.82) is 0 Å². The smallest absolute Gasteiger partial charge is 0.264 e. The molecule has 0 aromatic heterocycles. The van der Waals surface area contributed by atoms with Crippen LogP contribution in [-0.2, 0) is 37.7 Å². The first-order chi connectivity index (χ1) is 22.0. The molecule has 2 saturated heterocycles. The van der Waals surface area contributed by atoms with Crippen LogP contribution in [0.5, 0.6) is 0 Å². The number of carbonyl (C=O) groups excluding carboxylic acids is 3. The second-order valence-corrected chi connectivity index (χ2v) is 17.7. The van der Waals surface area contributed by atoms with Crippen molar-refractivity contribution in [2.75, 3.05) is 29.5 Å². The van der Waals surface area contributed by atoms with Crippen LogP contribution in [0.1, 0.15) is 62.1 Å². The minimum Gasteiger partial charge on any atom is -0.394 e. The largest absolute Gasteiger partial charge is 0.394 e. The molecule has 0 aliphatic carbocycles. The highest BCUT2D eigenvalue weighted by atomic mass is 28.4. The first kappa shape index (κ1) is 32.6. The first-order valence-electron chi connectivity index (χ1n) is 16.7. The van der Waals surface area contributed by atoms with Gasteiger partial charge in [-0.1, -0.05) is 50.1 Å². The van der Waals surface area contributed by atoms with Gasteiger partial charge in [-0.25, -0.2) is 0 Å². The summed E-state index contributed by atoms with van der Waals surface area (Å²) < 4.78 is 23.3. The Hall–Kier alpha value is -3.34. The van der Waals surface area contributed by atoms with Gasteiger partial charge in [-0.2, -0.15) is 0 Å². The Balaban J connectivity index is 1.38. The molecule has 0 bridgehead atoms. The molecule has 0 radical (unpaired) electrons. The van der Waals surface area contributed by atoms with Gasteiger partial charge in [-0.05, 0) is 61.7 Å². The predicted octanol–water partition coefficient (Wildman–Crippen LogP) is 5.63. The van der Waals surface area contributed by atoms with Crippen LogP contribution in [0, 0.1) is 5.92 Å². The third-order valence-corrected chi connectivity index (χ3v) is 13.1. The van der Waals surface area contributed by atoms with E-state index < -0.39 is 31.6 Å². The maximum absolute atomic E-state index is 16.4. The van der Waals surface area contributed by atoms with Gasteiger partial charge in [0.05, 0.1) is 30.9 Å². The van der Waals surface area contributed by atoms with E-state index in [2.05, 4.69) is 6.58 Å². The highest BCUT2D eigenvalue weighted by molar-refractivity contribution is 6.72. The van der Waals surface area contributed by atoms with Crippen molar-refractivity contribution >= 4 is 37.5 Å². The van der Waals surface area contributed by atoms with Crippen LogP contribution >= 0.6 is 0 Å². The number of benzene rings is 2. The Kier molecular flexibility index (Phi) is 8.99. The summed E-state index contributed by atoms with van der Waals surface area (Å²) in [6.07, 6.45) is 5.58. The van der Waals surface area contributed by atoms with E-state index in [1.54, 1.807) is 29.0 Å². The molecule has 5 atom stereocenters. The summed E-state index contributed by atoms with van der Waals surface area (Å²) in [5.74, 6) is -1.02. The maximum Gasteiger partial charge on any atom is 0.264 e. The van der Waals surface area contributed by atoms with Crippen LogP contribution < -0.4 is 9.80 Å². The average Bonchev–Trinajstić information content (AvgIpc) is 3.44. The Morgan fingerprint density at radius 3 is 2.59 bits per heavy atom. The number of hydrogen-bond donors (Lipinski definition) is 1. The molecule has 2 fully saturated rings. The molecule has 46 heavy (non-hydrogen) atoms. The van der Waals surface area contributed by atoms with Crippen molar-refractivity contribution in [3.8, 4) is 0 Å². The molecule has 6 rings (SSSR count). The van der Waals surface area contributed by atoms with Gasteiger partial charge in [-0.15, -0.1) is 6.58 Å². The highest BCUT2D eigenvalue weighted by Gasteiger charge is 2.67. The van der Waals surface area contributed by atoms with Crippen LogP contribution in [0.2, 0.25) is 18.6 Å². The van der Waals surface area contributed by atoms with E-state index in [4.69, 9.17) is 4.74 Å². The second-order valence-electron chi connectivity index (χ2n) is 13.9. The number of hydrogen-bond acceptors (Lipinski definition) is 5. The van der Waals surface area contributed by atoms with Crippen molar-refractivity contribution in [3.63, 3.8) is 0 Å². The fourth-order valence-electron chi connectivity index (χ4n) is 8.48. The van der Waals surface area contributed by atoms with E-state index >= 15 is 4.11 Å². The van der Waals surface area contributed by atoms with Crippen LogP contribution in [0.3, 0.4) is 0 Å². The number of ether oxygens (including phenoxy) is 1. The summed E-state index contributed by atoms with van der Waals surface area (Å²) in [7, 11) is -3.50. The molecule has 0 unspecified atom stereocenters. The van der Waals surface area contributed by atoms with E-state index in [1.165, 1.54) is 0 Å². The zero-order chi connectivity index (χ0) is 32.8. The van der Waals surface area contributed by atoms with Gasteiger partial charge in [-0.3, -0.25) is 14.4 Å². The quantitative estimate of drug-likeness (QED) is 0.239. The maximum atomic E-state index is 16.4. The molecule has 3 amide bonds. The zero-order valence-electron chi connectivity index (χ0n) is 27.2. The Bertz CT molecular complexity index is 1530. The summed E-state index contributed by atoms with van der Waals surface area (Å²) in [6, 6.07) is 13.2. The van der Waals surface area contributed by atoms with Gasteiger partial charge in [0.25, 0.3) is 5.91 Å². The lowest BCUT2D eigenvalue weighted by Crippen LogP contribution is -2.48. The summed E-state index contributed by atoms with van der Waals surface area (Å²) in [6.45, 7) is 10.0. The van der Waals surface area contributed by atoms with E-state index in [0.29, 0.717) is 42.9 Å². The van der Waals surface area contributed by atoms with Gasteiger partial charge in [0.2, 0.25) is 20.2 Å². The number of rotatable bonds is 7. The molecular formula is C36H46FN3O5Si. The number of carbonyl (C=O) groups is 3. The van der Waals surface area contributed by atoms with E-state index in [-0.39, 0.29) is 43.3 Å². The van der Waals surface area contributed by atoms with Crippen LogP contribution in [0.4, 0.5) is 15.5 Å². The molecule has 10 heteroatoms. The number of anilines is 2. The topological polar surface area (TPSA) is 90.4 Å². The zero-order valence-corrected chi connectivity index (χ0v) is 28.2. The van der Waals surface area contributed by atoms with Crippen LogP contribution in [-0.4, -0.2) is 68.0 Å². The number of halogens is 1. The highest BCUT2D eigenvalue weighted by Crippen LogP contribution is 2.60. The fraction of sp³-hybridized carbons (Fsp3) is 0.528. The molecule has 1 spiro atoms. The van der Waals surface area contributed by atoms with Crippen molar-refractivity contribution in [2.24, 2.45) is 5.92 Å². The monoisotopic (exact) mass is 647 g/mol. The SMILES string of the molecule is C=CCN1C(=O)[C@@]2(O[C@@H](CC(=O)N3Cc4ccccc4C[C@H]3CO)[C@H]([Si](C)(C)F)[C@H]2C)c2cc(N3CCCCCCC3=O)ccc21. The molecule has 1 N–H and O–H groups in total. The molecule has 2 aromatic carbocycles. The number of amides is 3. The van der Waals surface area contributed by atoms with E-state index in [9.17, 15) is 19.5 Å². The molecule has 0 saturated carbocycles. The van der Waals surface area contributed by atoms with E-state index in [1.807, 2.05) is 54.3 Å². The molecule has 2 aromatic rings. The van der Waals surface area contributed by atoms with Gasteiger partial charge >= 0.3 is 0 Å². The Morgan fingerprint density at radius 1 is 1.13 bits per heavy atom. The van der Waals surface area contributed by atoms with Gasteiger partial charge in [0, 0.05) is 48.8 Å². The standard InChI is InChI=1S/C36H46FN3O5Si/c1-5-17-39-30-16-15-27(38-18-11-7-6-8-14-32(38)42)20-29(30)36(35(39)44)24(2)34(46(3,4)37)31(45-36)21-33(43)40-22-26-13-10-9-12-25(26)19-28(40)23-41/h5,9-10,12-13,15-16,20,24,28,31,34,41H,1,6-8,11,14,17-19,21-23H2,2-4H3/t24-,28+,31+,34-,36+/m1/s1. The van der Waals surface area contributed by atoms with Gasteiger partial charge in [0.15, 0.2) is 5.60 Å². The summed E-state index contributed by atoms with van der Waals surface area (Å²) in [5.41, 5.74) is 1.98. The summed E-state index contributed by atoms with van der Waals surface area (Å²) in [5, 5.41) is 10.2. The number of nitrogens with zero attached hydrogens (tertiary/aromatic N) is 3. The van der Waals surface area contributed by atoms with E-state index in [0.717, 1.165) is 36.8 Å². The minimum absolute atomic E-state index is 0.0570. The first-order valence-corrected chi connectivity index (χ1v) is 19.7. The molecular weight excluding hydrogens is 601 g/mol. The van der Waals surface area contributed by atoms with Gasteiger partial charge < -0.3 is 28.7 Å². The van der Waals surface area contributed by atoms with Crippen LogP contribution in [0.25, 0.3) is 0 Å². The molecule has 4 aliphatic rings. The fourth-order valence-corrected chi connectivity index (χ4v) is 11.0. The molecule has 4 aliphatic heterocycles. The second kappa shape index (κ2) is 12.7. The van der Waals surface area contributed by atoms with Crippen molar-refractivity contribution in [3.05, 3.63) is 71.8 Å². The third kappa shape index (κ3) is 5.52. The average molecular weight is 648 g/mol. The number of aliphatic hydroxyl groups is 1. The van der Waals surface area contributed by atoms with Crippen molar-refractivity contribution in [1.82, 2.24) is 4.90 Å². The molecule has 246 valence electrons. The van der Waals surface area contributed by atoms with Crippen molar-refractivity contribution in [2.45, 2.75) is 94.8 Å².